The first kappa shape index (κ1) is 14.1. The molecule has 0 radical (unpaired) electrons. The van der Waals surface area contributed by atoms with E-state index < -0.39 is 0 Å². The molecule has 0 N–H and O–H groups in total. The van der Waals surface area contributed by atoms with Crippen LogP contribution in [0.2, 0.25) is 0 Å². The van der Waals surface area contributed by atoms with E-state index in [1.165, 1.54) is 54.8 Å². The second-order valence-corrected chi connectivity index (χ2v) is 7.25. The Morgan fingerprint density at radius 1 is 0.692 bits per heavy atom. The molecular formula is C25H19N. The Balaban J connectivity index is 1.87. The van der Waals surface area contributed by atoms with Gasteiger partial charge in [-0.2, -0.15) is 0 Å². The predicted octanol–water partition coefficient (Wildman–Crippen LogP) is 6.54. The summed E-state index contributed by atoms with van der Waals surface area (Å²) in [5.41, 5.74) is 8.52. The largest absolute Gasteiger partial charge is 0.341 e. The molecular weight excluding hydrogens is 314 g/mol. The van der Waals surface area contributed by atoms with Crippen LogP contribution in [0.3, 0.4) is 0 Å². The van der Waals surface area contributed by atoms with Crippen LogP contribution in [0.15, 0.2) is 72.8 Å². The maximum atomic E-state index is 2.45. The molecule has 0 spiro atoms. The maximum Gasteiger partial charge on any atom is 0.0497 e. The minimum absolute atomic E-state index is 0.991. The summed E-state index contributed by atoms with van der Waals surface area (Å²) >= 11 is 0. The standard InChI is InChI=1S/C25H19N/c1-2-26-21-10-6-5-9-20(21)25-22(26)14-13-18-15-17-12-11-16-7-3-4-8-19(16)23(17)24(18)25/h3-14H,2,15H2,1H3. The van der Waals surface area contributed by atoms with Crippen molar-refractivity contribution in [2.45, 2.75) is 19.9 Å². The number of nitrogens with zero attached hydrogens (tertiary/aromatic N) is 1. The molecule has 0 saturated heterocycles. The zero-order valence-electron chi connectivity index (χ0n) is 14.8. The van der Waals surface area contributed by atoms with Gasteiger partial charge in [0.1, 0.15) is 0 Å². The third-order valence-electron chi connectivity index (χ3n) is 5.99. The van der Waals surface area contributed by atoms with Crippen LogP contribution < -0.4 is 0 Å². The summed E-state index contributed by atoms with van der Waals surface area (Å²) in [6.45, 7) is 3.23. The lowest BCUT2D eigenvalue weighted by Crippen LogP contribution is -1.93. The van der Waals surface area contributed by atoms with E-state index >= 15 is 0 Å². The van der Waals surface area contributed by atoms with Gasteiger partial charge in [0.05, 0.1) is 0 Å². The quantitative estimate of drug-likeness (QED) is 0.322. The summed E-state index contributed by atoms with van der Waals surface area (Å²) in [4.78, 5) is 0. The molecule has 1 aromatic heterocycles. The molecule has 0 bridgehead atoms. The van der Waals surface area contributed by atoms with E-state index in [1.54, 1.807) is 0 Å². The van der Waals surface area contributed by atoms with Gasteiger partial charge in [-0.15, -0.1) is 0 Å². The van der Waals surface area contributed by atoms with E-state index in [-0.39, 0.29) is 0 Å². The monoisotopic (exact) mass is 333 g/mol. The lowest BCUT2D eigenvalue weighted by atomic mass is 9.95. The average Bonchev–Trinajstić information content (AvgIpc) is 3.23. The molecule has 0 atom stereocenters. The van der Waals surface area contributed by atoms with Crippen LogP contribution in [0.5, 0.6) is 0 Å². The van der Waals surface area contributed by atoms with Crippen molar-refractivity contribution in [2.75, 3.05) is 0 Å². The highest BCUT2D eigenvalue weighted by molar-refractivity contribution is 6.19. The Bertz CT molecular complexity index is 1340. The van der Waals surface area contributed by atoms with Crippen LogP contribution in [-0.2, 0) is 13.0 Å². The minimum atomic E-state index is 0.991. The SMILES string of the molecule is CCn1c2ccccc2c2c3c(ccc21)Cc1ccc2ccccc2c1-3. The van der Waals surface area contributed by atoms with Crippen LogP contribution in [-0.4, -0.2) is 4.57 Å². The Hall–Kier alpha value is -3.06. The van der Waals surface area contributed by atoms with Crippen LogP contribution in [0.1, 0.15) is 18.1 Å². The van der Waals surface area contributed by atoms with Gasteiger partial charge in [0.25, 0.3) is 0 Å². The van der Waals surface area contributed by atoms with Crippen molar-refractivity contribution in [3.63, 3.8) is 0 Å². The van der Waals surface area contributed by atoms with Crippen LogP contribution in [0, 0.1) is 0 Å². The normalized spacial score (nSPS) is 12.8. The van der Waals surface area contributed by atoms with Crippen LogP contribution in [0.25, 0.3) is 43.7 Å². The van der Waals surface area contributed by atoms with E-state index in [1.807, 2.05) is 0 Å². The van der Waals surface area contributed by atoms with Gasteiger partial charge in [0.15, 0.2) is 0 Å². The molecule has 1 heteroatoms. The number of hydrogen-bond donors (Lipinski definition) is 0. The summed E-state index contributed by atoms with van der Waals surface area (Å²) in [5, 5.41) is 5.51. The van der Waals surface area contributed by atoms with Crippen molar-refractivity contribution in [1.82, 2.24) is 4.57 Å². The summed E-state index contributed by atoms with van der Waals surface area (Å²) in [6.07, 6.45) is 1.04. The highest BCUT2D eigenvalue weighted by Crippen LogP contribution is 2.47. The number of fused-ring (bicyclic) bond motifs is 9. The molecule has 26 heavy (non-hydrogen) atoms. The van der Waals surface area contributed by atoms with Gasteiger partial charge in [-0.1, -0.05) is 60.7 Å². The van der Waals surface area contributed by atoms with Gasteiger partial charge >= 0.3 is 0 Å². The first-order valence-corrected chi connectivity index (χ1v) is 9.40. The molecule has 6 rings (SSSR count). The molecule has 0 saturated carbocycles. The zero-order valence-corrected chi connectivity index (χ0v) is 14.8. The van der Waals surface area contributed by atoms with Crippen molar-refractivity contribution in [3.8, 4) is 11.1 Å². The summed E-state index contributed by atoms with van der Waals surface area (Å²) in [7, 11) is 0. The number of aromatic nitrogens is 1. The van der Waals surface area contributed by atoms with Gasteiger partial charge in [0, 0.05) is 28.4 Å². The Kier molecular flexibility index (Phi) is 2.71. The average molecular weight is 333 g/mol. The number of benzene rings is 4. The lowest BCUT2D eigenvalue weighted by Gasteiger charge is -2.09. The molecule has 0 amide bonds. The van der Waals surface area contributed by atoms with Crippen molar-refractivity contribution < 1.29 is 0 Å². The van der Waals surface area contributed by atoms with E-state index in [2.05, 4.69) is 84.3 Å². The molecule has 1 aliphatic carbocycles. The number of aryl methyl sites for hydroxylation is 1. The molecule has 1 aliphatic rings. The molecule has 1 heterocycles. The smallest absolute Gasteiger partial charge is 0.0497 e. The Morgan fingerprint density at radius 2 is 1.42 bits per heavy atom. The number of para-hydroxylation sites is 1. The maximum absolute atomic E-state index is 2.45. The third kappa shape index (κ3) is 1.65. The van der Waals surface area contributed by atoms with Gasteiger partial charge < -0.3 is 4.57 Å². The van der Waals surface area contributed by atoms with Crippen LogP contribution in [0.4, 0.5) is 0 Å². The molecule has 5 aromatic rings. The van der Waals surface area contributed by atoms with E-state index in [0.29, 0.717) is 0 Å². The Morgan fingerprint density at radius 3 is 2.31 bits per heavy atom. The van der Waals surface area contributed by atoms with Gasteiger partial charge in [0.2, 0.25) is 0 Å². The Labute approximate surface area is 152 Å². The molecule has 124 valence electrons. The summed E-state index contributed by atoms with van der Waals surface area (Å²) < 4.78 is 2.45. The highest BCUT2D eigenvalue weighted by atomic mass is 15.0. The van der Waals surface area contributed by atoms with Gasteiger partial charge in [-0.3, -0.25) is 0 Å². The van der Waals surface area contributed by atoms with E-state index in [4.69, 9.17) is 0 Å². The fourth-order valence-electron chi connectivity index (χ4n) is 4.92. The number of hydrogen-bond acceptors (Lipinski definition) is 0. The van der Waals surface area contributed by atoms with Crippen molar-refractivity contribution in [3.05, 3.63) is 83.9 Å². The molecule has 0 fully saturated rings. The first-order chi connectivity index (χ1) is 12.9. The van der Waals surface area contributed by atoms with Crippen LogP contribution >= 0.6 is 0 Å². The fraction of sp³-hybridized carbons (Fsp3) is 0.120. The third-order valence-corrected chi connectivity index (χ3v) is 5.99. The first-order valence-electron chi connectivity index (χ1n) is 9.40. The highest BCUT2D eigenvalue weighted by Gasteiger charge is 2.25. The van der Waals surface area contributed by atoms with E-state index in [9.17, 15) is 0 Å². The topological polar surface area (TPSA) is 4.93 Å². The molecule has 0 unspecified atom stereocenters. The predicted molar refractivity (Wildman–Crippen MR) is 111 cm³/mol. The number of rotatable bonds is 1. The minimum Gasteiger partial charge on any atom is -0.341 e. The van der Waals surface area contributed by atoms with Crippen molar-refractivity contribution >= 4 is 32.6 Å². The van der Waals surface area contributed by atoms with Crippen molar-refractivity contribution in [2.24, 2.45) is 0 Å². The zero-order chi connectivity index (χ0) is 17.3. The summed E-state index contributed by atoms with van der Waals surface area (Å²) in [6, 6.07) is 26.9. The lowest BCUT2D eigenvalue weighted by molar-refractivity contribution is 0.827. The molecule has 1 nitrogen and oxygen atoms in total. The van der Waals surface area contributed by atoms with Gasteiger partial charge in [-0.25, -0.2) is 0 Å². The molecule has 4 aromatic carbocycles. The molecule has 0 aliphatic heterocycles. The van der Waals surface area contributed by atoms with Crippen molar-refractivity contribution in [1.29, 1.82) is 0 Å². The van der Waals surface area contributed by atoms with Gasteiger partial charge in [-0.05, 0) is 58.5 Å². The second-order valence-electron chi connectivity index (χ2n) is 7.25. The second kappa shape index (κ2) is 4.98. The van der Waals surface area contributed by atoms with E-state index in [0.717, 1.165) is 13.0 Å². The summed E-state index contributed by atoms with van der Waals surface area (Å²) in [5.74, 6) is 0. The fourth-order valence-corrected chi connectivity index (χ4v) is 4.92.